The topological polar surface area (TPSA) is 77.3 Å². The van der Waals surface area contributed by atoms with Crippen molar-refractivity contribution in [3.8, 4) is 0 Å². The van der Waals surface area contributed by atoms with Crippen LogP contribution in [0.4, 0.5) is 0 Å². The molecule has 70 valence electrons. The van der Waals surface area contributed by atoms with Crippen LogP contribution in [0.5, 0.6) is 0 Å². The van der Waals surface area contributed by atoms with E-state index in [-0.39, 0.29) is 0 Å². The summed E-state index contributed by atoms with van der Waals surface area (Å²) >= 11 is 1.38. The quantitative estimate of drug-likeness (QED) is 0.317. The Balaban J connectivity index is 2.55. The van der Waals surface area contributed by atoms with Crippen molar-refractivity contribution < 1.29 is 0 Å². The second-order valence-corrected chi connectivity index (χ2v) is 3.52. The number of aryl methyl sites for hydroxylation is 1. The van der Waals surface area contributed by atoms with Crippen molar-refractivity contribution in [2.45, 2.75) is 12.7 Å². The summed E-state index contributed by atoms with van der Waals surface area (Å²) in [5.41, 5.74) is 7.40. The zero-order chi connectivity index (χ0) is 9.68. The Morgan fingerprint density at radius 2 is 2.38 bits per heavy atom. The molecule has 1 aromatic heterocycles. The molecule has 0 saturated heterocycles. The van der Waals surface area contributed by atoms with Gasteiger partial charge in [-0.2, -0.15) is 5.10 Å². The molecule has 0 aromatic carbocycles. The molecule has 0 aliphatic rings. The van der Waals surface area contributed by atoms with Gasteiger partial charge in [0, 0.05) is 11.4 Å². The van der Waals surface area contributed by atoms with Crippen molar-refractivity contribution in [2.75, 3.05) is 0 Å². The minimum Gasteiger partial charge on any atom is -0.377 e. The molecular weight excluding hydrogens is 184 g/mol. The Morgan fingerprint density at radius 3 is 3.00 bits per heavy atom. The molecule has 5 heteroatoms. The van der Waals surface area contributed by atoms with E-state index in [1.165, 1.54) is 11.8 Å². The second-order valence-electron chi connectivity index (χ2n) is 2.53. The van der Waals surface area contributed by atoms with Gasteiger partial charge >= 0.3 is 0 Å². The van der Waals surface area contributed by atoms with Crippen molar-refractivity contribution in [3.05, 3.63) is 29.6 Å². The molecule has 13 heavy (non-hydrogen) atoms. The molecule has 0 aliphatic heterocycles. The van der Waals surface area contributed by atoms with E-state index >= 15 is 0 Å². The van der Waals surface area contributed by atoms with E-state index in [9.17, 15) is 0 Å². The molecular formula is C8H12N4S. The number of hydrogen-bond acceptors (Lipinski definition) is 4. The van der Waals surface area contributed by atoms with Gasteiger partial charge in [0.1, 0.15) is 0 Å². The fourth-order valence-electron chi connectivity index (χ4n) is 0.865. The molecule has 0 bridgehead atoms. The first-order valence-electron chi connectivity index (χ1n) is 3.81. The molecule has 4 nitrogen and oxygen atoms in total. The van der Waals surface area contributed by atoms with Gasteiger partial charge in [0.05, 0.1) is 5.69 Å². The van der Waals surface area contributed by atoms with Crippen molar-refractivity contribution >= 4 is 16.9 Å². The number of nitrogens with zero attached hydrogens (tertiary/aromatic N) is 2. The van der Waals surface area contributed by atoms with Gasteiger partial charge in [0.2, 0.25) is 0 Å². The third-order valence-corrected chi connectivity index (χ3v) is 2.28. The summed E-state index contributed by atoms with van der Waals surface area (Å²) in [6, 6.07) is 5.87. The molecule has 1 aromatic rings. The summed E-state index contributed by atoms with van der Waals surface area (Å²) in [5.74, 6) is 5.69. The third-order valence-electron chi connectivity index (χ3n) is 1.44. The van der Waals surface area contributed by atoms with Crippen molar-refractivity contribution in [2.24, 2.45) is 16.7 Å². The molecule has 0 radical (unpaired) electrons. The van der Waals surface area contributed by atoms with Crippen molar-refractivity contribution in [1.82, 2.24) is 4.98 Å². The van der Waals surface area contributed by atoms with Crippen LogP contribution in [0, 0.1) is 6.92 Å². The first-order valence-corrected chi connectivity index (χ1v) is 4.79. The van der Waals surface area contributed by atoms with Crippen LogP contribution in [0.3, 0.4) is 0 Å². The van der Waals surface area contributed by atoms with Gasteiger partial charge < -0.3 is 11.6 Å². The predicted molar refractivity (Wildman–Crippen MR) is 56.1 cm³/mol. The van der Waals surface area contributed by atoms with E-state index in [0.29, 0.717) is 10.9 Å². The smallest absolute Gasteiger partial charge is 0.177 e. The Hall–Kier alpha value is -1.23. The van der Waals surface area contributed by atoms with Crippen molar-refractivity contribution in [1.29, 1.82) is 0 Å². The first-order chi connectivity index (χ1) is 6.22. The summed E-state index contributed by atoms with van der Waals surface area (Å²) in [5, 5.41) is 3.73. The van der Waals surface area contributed by atoms with Gasteiger partial charge in [-0.05, 0) is 19.1 Å². The van der Waals surface area contributed by atoms with Crippen LogP contribution in [0.15, 0.2) is 23.3 Å². The molecule has 4 N–H and O–H groups in total. The minimum absolute atomic E-state index is 0.378. The number of pyridine rings is 1. The zero-order valence-electron chi connectivity index (χ0n) is 7.40. The van der Waals surface area contributed by atoms with Crippen LogP contribution < -0.4 is 11.6 Å². The number of hydrogen-bond donors (Lipinski definition) is 2. The number of aromatic nitrogens is 1. The highest BCUT2D eigenvalue weighted by Crippen LogP contribution is 2.09. The number of thioether (sulfide) groups is 1. The molecule has 0 atom stereocenters. The second kappa shape index (κ2) is 4.71. The largest absolute Gasteiger partial charge is 0.377 e. The minimum atomic E-state index is 0.378. The lowest BCUT2D eigenvalue weighted by atomic mass is 10.3. The highest BCUT2D eigenvalue weighted by Gasteiger charge is 1.97. The first kappa shape index (κ1) is 9.85. The third kappa shape index (κ3) is 3.33. The summed E-state index contributed by atoms with van der Waals surface area (Å²) in [6.45, 7) is 1.95. The molecule has 0 spiro atoms. The van der Waals surface area contributed by atoms with Gasteiger partial charge in [0.25, 0.3) is 0 Å². The maximum Gasteiger partial charge on any atom is 0.177 e. The lowest BCUT2D eigenvalue weighted by Crippen LogP contribution is -2.09. The Labute approximate surface area is 81.4 Å². The van der Waals surface area contributed by atoms with E-state index in [0.717, 1.165) is 11.4 Å². The van der Waals surface area contributed by atoms with Crippen LogP contribution in [0.25, 0.3) is 0 Å². The summed E-state index contributed by atoms with van der Waals surface area (Å²) in [7, 11) is 0. The van der Waals surface area contributed by atoms with Crippen molar-refractivity contribution in [3.63, 3.8) is 0 Å². The summed E-state index contributed by atoms with van der Waals surface area (Å²) in [6.07, 6.45) is 0. The summed E-state index contributed by atoms with van der Waals surface area (Å²) in [4.78, 5) is 4.31. The zero-order valence-corrected chi connectivity index (χ0v) is 8.21. The lowest BCUT2D eigenvalue weighted by Gasteiger charge is -2.00. The highest BCUT2D eigenvalue weighted by atomic mass is 32.2. The average Bonchev–Trinajstić information content (AvgIpc) is 2.14. The number of hydrazone groups is 1. The molecule has 1 rings (SSSR count). The van der Waals surface area contributed by atoms with Gasteiger partial charge in [-0.25, -0.2) is 0 Å². The van der Waals surface area contributed by atoms with Gasteiger partial charge in [-0.3, -0.25) is 4.98 Å². The van der Waals surface area contributed by atoms with E-state index in [1.807, 2.05) is 25.1 Å². The average molecular weight is 196 g/mol. The van der Waals surface area contributed by atoms with Crippen LogP contribution in [-0.2, 0) is 5.75 Å². The fourth-order valence-corrected chi connectivity index (χ4v) is 1.40. The SMILES string of the molecule is Cc1cccc(CSC(N)=NN)n1. The molecule has 0 aliphatic carbocycles. The van der Waals surface area contributed by atoms with Gasteiger partial charge in [0.15, 0.2) is 5.17 Å². The van der Waals surface area contributed by atoms with Crippen LogP contribution in [0.1, 0.15) is 11.4 Å². The van der Waals surface area contributed by atoms with Crippen LogP contribution >= 0.6 is 11.8 Å². The number of rotatable bonds is 2. The molecule has 0 saturated carbocycles. The molecule has 1 heterocycles. The Morgan fingerprint density at radius 1 is 1.62 bits per heavy atom. The maximum absolute atomic E-state index is 5.42. The van der Waals surface area contributed by atoms with Gasteiger partial charge in [-0.1, -0.05) is 17.8 Å². The normalized spacial score (nSPS) is 11.6. The highest BCUT2D eigenvalue weighted by molar-refractivity contribution is 8.13. The van der Waals surface area contributed by atoms with Gasteiger partial charge in [-0.15, -0.1) is 0 Å². The number of nitrogens with two attached hydrogens (primary N) is 2. The lowest BCUT2D eigenvalue weighted by molar-refractivity contribution is 1.11. The van der Waals surface area contributed by atoms with E-state index in [2.05, 4.69) is 10.1 Å². The Kier molecular flexibility index (Phi) is 3.57. The van der Waals surface area contributed by atoms with E-state index in [1.54, 1.807) is 0 Å². The fraction of sp³-hybridized carbons (Fsp3) is 0.250. The van der Waals surface area contributed by atoms with Crippen LogP contribution in [-0.4, -0.2) is 10.2 Å². The predicted octanol–water partition coefficient (Wildman–Crippen LogP) is 0.812. The summed E-state index contributed by atoms with van der Waals surface area (Å²) < 4.78 is 0. The molecule has 0 amide bonds. The van der Waals surface area contributed by atoms with E-state index in [4.69, 9.17) is 11.6 Å². The molecule has 0 fully saturated rings. The standard InChI is InChI=1S/C8H12N4S/c1-6-3-2-4-7(11-6)5-13-8(9)12-10/h2-4H,5,10H2,1H3,(H2,9,12). The Bertz CT molecular complexity index is 311. The monoisotopic (exact) mass is 196 g/mol. The van der Waals surface area contributed by atoms with Crippen LogP contribution in [0.2, 0.25) is 0 Å². The van der Waals surface area contributed by atoms with E-state index < -0.39 is 0 Å². The number of amidine groups is 1. The molecule has 0 unspecified atom stereocenters. The maximum atomic E-state index is 5.42.